The first-order valence-electron chi connectivity index (χ1n) is 9.94. The van der Waals surface area contributed by atoms with Crippen LogP contribution in [0, 0.1) is 5.82 Å². The Labute approximate surface area is 197 Å². The first kappa shape index (κ1) is 22.0. The van der Waals surface area contributed by atoms with Gasteiger partial charge in [0.15, 0.2) is 11.5 Å². The van der Waals surface area contributed by atoms with Gasteiger partial charge >= 0.3 is 0 Å². The Hall–Kier alpha value is -2.22. The topological polar surface area (TPSA) is 53.8 Å². The van der Waals surface area contributed by atoms with Gasteiger partial charge in [-0.1, -0.05) is 46.3 Å². The molecule has 160 valence electrons. The van der Waals surface area contributed by atoms with Crippen LogP contribution in [-0.2, 0) is 0 Å². The van der Waals surface area contributed by atoms with E-state index in [1.54, 1.807) is 18.2 Å². The van der Waals surface area contributed by atoms with E-state index in [2.05, 4.69) is 37.2 Å². The van der Waals surface area contributed by atoms with Crippen LogP contribution in [-0.4, -0.2) is 17.4 Å². The summed E-state index contributed by atoms with van der Waals surface area (Å²) >= 11 is 6.80. The molecule has 7 heteroatoms. The van der Waals surface area contributed by atoms with E-state index in [9.17, 15) is 9.50 Å². The Bertz CT molecular complexity index is 1140. The molecule has 0 unspecified atom stereocenters. The molecular formula is C24H21Br2FN2O2. The minimum absolute atomic E-state index is 0.122. The normalized spacial score (nSPS) is 18.5. The zero-order valence-electron chi connectivity index (χ0n) is 16.8. The van der Waals surface area contributed by atoms with Crippen LogP contribution in [0.2, 0.25) is 0 Å². The fourth-order valence-corrected chi connectivity index (χ4v) is 4.49. The molecule has 1 aliphatic rings. The lowest BCUT2D eigenvalue weighted by molar-refractivity contribution is 0.313. The van der Waals surface area contributed by atoms with Gasteiger partial charge in [0.1, 0.15) is 12.0 Å². The highest BCUT2D eigenvalue weighted by atomic mass is 79.9. The molecule has 1 heterocycles. The van der Waals surface area contributed by atoms with E-state index in [0.29, 0.717) is 23.2 Å². The summed E-state index contributed by atoms with van der Waals surface area (Å²) < 4.78 is 20.7. The number of aliphatic imine (C=N–C) groups is 1. The molecule has 0 aromatic heterocycles. The molecule has 0 saturated carbocycles. The van der Waals surface area contributed by atoms with Crippen LogP contribution in [0.3, 0.4) is 0 Å². The van der Waals surface area contributed by atoms with Gasteiger partial charge in [-0.3, -0.25) is 10.3 Å². The molecule has 1 aliphatic heterocycles. The van der Waals surface area contributed by atoms with E-state index >= 15 is 0 Å². The molecule has 3 aromatic carbocycles. The number of nitrogens with one attached hydrogen (secondary N) is 1. The molecule has 0 radical (unpaired) electrons. The van der Waals surface area contributed by atoms with Crippen molar-refractivity contribution in [3.8, 4) is 11.5 Å². The van der Waals surface area contributed by atoms with E-state index in [1.807, 2.05) is 43.3 Å². The second kappa shape index (κ2) is 9.51. The van der Waals surface area contributed by atoms with Crippen molar-refractivity contribution in [3.05, 3.63) is 92.1 Å². The molecule has 4 nitrogen and oxygen atoms in total. The summed E-state index contributed by atoms with van der Waals surface area (Å²) in [6.07, 6.45) is 0.179. The third kappa shape index (κ3) is 4.84. The van der Waals surface area contributed by atoms with Crippen LogP contribution in [0.5, 0.6) is 11.5 Å². The standard InChI is InChI=1S/C24H21Br2FN2O2/c1-2-31-22-8-4-7-17(23(22)30)21-13-20(14-5-3-6-16(25)11-14)28-24(29-21)15-9-10-19(27)18(26)12-15/h3-12,21,24,29-30H,2,13H2,1H3/t21-,24-/m1/s1. The Morgan fingerprint density at radius 2 is 1.94 bits per heavy atom. The molecule has 0 saturated heterocycles. The van der Waals surface area contributed by atoms with Crippen molar-refractivity contribution in [2.75, 3.05) is 6.61 Å². The maximum atomic E-state index is 13.8. The summed E-state index contributed by atoms with van der Waals surface area (Å²) in [6, 6.07) is 18.1. The third-order valence-electron chi connectivity index (χ3n) is 5.16. The predicted molar refractivity (Wildman–Crippen MR) is 127 cm³/mol. The molecule has 0 bridgehead atoms. The molecule has 3 aromatic rings. The quantitative estimate of drug-likeness (QED) is 0.374. The fraction of sp³-hybridized carbons (Fsp3) is 0.208. The lowest BCUT2D eigenvalue weighted by Crippen LogP contribution is -2.33. The number of rotatable bonds is 5. The Morgan fingerprint density at radius 1 is 1.13 bits per heavy atom. The zero-order chi connectivity index (χ0) is 22.0. The number of benzene rings is 3. The number of hydrogen-bond acceptors (Lipinski definition) is 4. The predicted octanol–water partition coefficient (Wildman–Crippen LogP) is 6.68. The van der Waals surface area contributed by atoms with E-state index in [0.717, 1.165) is 26.9 Å². The Morgan fingerprint density at radius 3 is 2.68 bits per heavy atom. The first-order valence-corrected chi connectivity index (χ1v) is 11.5. The zero-order valence-corrected chi connectivity index (χ0v) is 20.0. The Kier molecular flexibility index (Phi) is 6.74. The van der Waals surface area contributed by atoms with Crippen molar-refractivity contribution in [3.63, 3.8) is 0 Å². The maximum absolute atomic E-state index is 13.8. The minimum atomic E-state index is -0.403. The second-order valence-corrected chi connectivity index (χ2v) is 8.98. The van der Waals surface area contributed by atoms with Gasteiger partial charge in [0.05, 0.1) is 11.1 Å². The lowest BCUT2D eigenvalue weighted by atomic mass is 9.93. The third-order valence-corrected chi connectivity index (χ3v) is 6.27. The summed E-state index contributed by atoms with van der Waals surface area (Å²) in [4.78, 5) is 4.93. The van der Waals surface area contributed by atoms with Crippen LogP contribution in [0.25, 0.3) is 0 Å². The number of phenolic OH excluding ortho intramolecular Hbond substituents is 1. The van der Waals surface area contributed by atoms with E-state index in [4.69, 9.17) is 9.73 Å². The maximum Gasteiger partial charge on any atom is 0.162 e. The molecule has 31 heavy (non-hydrogen) atoms. The van der Waals surface area contributed by atoms with E-state index in [-0.39, 0.29) is 17.6 Å². The van der Waals surface area contributed by atoms with Gasteiger partial charge in [-0.05, 0) is 64.3 Å². The highest BCUT2D eigenvalue weighted by Crippen LogP contribution is 2.39. The van der Waals surface area contributed by atoms with Crippen molar-refractivity contribution in [1.29, 1.82) is 0 Å². The molecule has 0 spiro atoms. The smallest absolute Gasteiger partial charge is 0.162 e. The second-order valence-electron chi connectivity index (χ2n) is 7.21. The number of hydrogen-bond donors (Lipinski definition) is 2. The number of halogens is 3. The van der Waals surface area contributed by atoms with E-state index in [1.165, 1.54) is 6.07 Å². The highest BCUT2D eigenvalue weighted by molar-refractivity contribution is 9.10. The monoisotopic (exact) mass is 546 g/mol. The van der Waals surface area contributed by atoms with Crippen LogP contribution in [0.1, 0.15) is 42.2 Å². The van der Waals surface area contributed by atoms with Crippen molar-refractivity contribution < 1.29 is 14.2 Å². The number of nitrogens with zero attached hydrogens (tertiary/aromatic N) is 1. The molecule has 2 N–H and O–H groups in total. The fourth-order valence-electron chi connectivity index (χ4n) is 3.69. The van der Waals surface area contributed by atoms with Gasteiger partial charge in [0.2, 0.25) is 0 Å². The van der Waals surface area contributed by atoms with Gasteiger partial charge in [0.25, 0.3) is 0 Å². The van der Waals surface area contributed by atoms with Crippen LogP contribution in [0.15, 0.2) is 74.6 Å². The number of aromatic hydroxyl groups is 1. The highest BCUT2D eigenvalue weighted by Gasteiger charge is 2.29. The number of phenols is 1. The molecule has 0 fully saturated rings. The minimum Gasteiger partial charge on any atom is -0.504 e. The van der Waals surface area contributed by atoms with Gasteiger partial charge in [-0.2, -0.15) is 0 Å². The molecule has 0 amide bonds. The summed E-state index contributed by atoms with van der Waals surface area (Å²) in [5.74, 6) is 0.250. The molecule has 4 rings (SSSR count). The lowest BCUT2D eigenvalue weighted by Gasteiger charge is -2.31. The van der Waals surface area contributed by atoms with Gasteiger partial charge in [0, 0.05) is 28.2 Å². The van der Waals surface area contributed by atoms with Crippen LogP contribution in [0.4, 0.5) is 4.39 Å². The number of ether oxygens (including phenoxy) is 1. The van der Waals surface area contributed by atoms with Gasteiger partial charge in [-0.15, -0.1) is 0 Å². The molecule has 2 atom stereocenters. The van der Waals surface area contributed by atoms with Crippen molar-refractivity contribution >= 4 is 37.6 Å². The van der Waals surface area contributed by atoms with Gasteiger partial charge < -0.3 is 9.84 Å². The average Bonchev–Trinajstić information content (AvgIpc) is 2.77. The summed E-state index contributed by atoms with van der Waals surface area (Å²) in [5, 5.41) is 14.3. The van der Waals surface area contributed by atoms with E-state index < -0.39 is 6.17 Å². The molecule has 0 aliphatic carbocycles. The van der Waals surface area contributed by atoms with Crippen molar-refractivity contribution in [1.82, 2.24) is 5.32 Å². The van der Waals surface area contributed by atoms with Crippen LogP contribution >= 0.6 is 31.9 Å². The summed E-state index contributed by atoms with van der Waals surface area (Å²) in [5.41, 5.74) is 3.45. The Balaban J connectivity index is 1.77. The van der Waals surface area contributed by atoms with Gasteiger partial charge in [-0.25, -0.2) is 4.39 Å². The largest absolute Gasteiger partial charge is 0.504 e. The van der Waals surface area contributed by atoms with Crippen molar-refractivity contribution in [2.24, 2.45) is 4.99 Å². The first-order chi connectivity index (χ1) is 15.0. The summed E-state index contributed by atoms with van der Waals surface area (Å²) in [6.45, 7) is 2.34. The van der Waals surface area contributed by atoms with Crippen molar-refractivity contribution in [2.45, 2.75) is 25.6 Å². The number of para-hydroxylation sites is 1. The van der Waals surface area contributed by atoms with Crippen LogP contribution < -0.4 is 10.1 Å². The SMILES string of the molecule is CCOc1cccc([C@H]2CC(c3cccc(Br)c3)=N[C@@H](c3ccc(F)c(Br)c3)N2)c1O. The summed E-state index contributed by atoms with van der Waals surface area (Å²) in [7, 11) is 0. The molecular weight excluding hydrogens is 527 g/mol. The average molecular weight is 548 g/mol.